The average Bonchev–Trinajstić information content (AvgIpc) is 3.06. The molecule has 0 fully saturated rings. The van der Waals surface area contributed by atoms with Gasteiger partial charge in [-0.3, -0.25) is 9.10 Å². The zero-order valence-electron chi connectivity index (χ0n) is 18.3. The first kappa shape index (κ1) is 21.7. The Bertz CT molecular complexity index is 1540. The summed E-state index contributed by atoms with van der Waals surface area (Å²) in [5.74, 6) is -0.224. The number of phenolic OH excluding ortho intramolecular Hbond substituents is 1. The average molecular weight is 472 g/mol. The topological polar surface area (TPSA) is 99.1 Å². The minimum Gasteiger partial charge on any atom is -0.508 e. The lowest BCUT2D eigenvalue weighted by Gasteiger charge is -2.19. The lowest BCUT2D eigenvalue weighted by atomic mass is 10.1. The molecule has 4 aromatic carbocycles. The van der Waals surface area contributed by atoms with Gasteiger partial charge in [-0.15, -0.1) is 0 Å². The summed E-state index contributed by atoms with van der Waals surface area (Å²) in [6.45, 7) is 1.92. The Labute approximate surface area is 197 Å². The van der Waals surface area contributed by atoms with E-state index in [1.807, 2.05) is 24.3 Å². The van der Waals surface area contributed by atoms with Gasteiger partial charge in [-0.2, -0.15) is 5.10 Å². The summed E-state index contributed by atoms with van der Waals surface area (Å²) < 4.78 is 27.7. The highest BCUT2D eigenvalue weighted by Gasteiger charge is 2.35. The van der Waals surface area contributed by atoms with Gasteiger partial charge < -0.3 is 5.11 Å². The fraction of sp³-hybridized carbons (Fsp3) is 0.0769. The number of amides is 1. The number of nitrogens with one attached hydrogen (secondary N) is 1. The Kier molecular flexibility index (Phi) is 5.30. The van der Waals surface area contributed by atoms with E-state index >= 15 is 0 Å². The second kappa shape index (κ2) is 8.31. The number of nitrogens with zero attached hydrogens (tertiary/aromatic N) is 2. The molecule has 8 heteroatoms. The van der Waals surface area contributed by atoms with Crippen LogP contribution >= 0.6 is 0 Å². The van der Waals surface area contributed by atoms with E-state index in [2.05, 4.69) is 10.5 Å². The molecule has 1 aliphatic rings. The molecule has 1 aliphatic heterocycles. The van der Waals surface area contributed by atoms with Crippen molar-refractivity contribution in [3.63, 3.8) is 0 Å². The molecule has 1 amide bonds. The van der Waals surface area contributed by atoms with Gasteiger partial charge in [0.1, 0.15) is 5.75 Å². The molecule has 170 valence electrons. The van der Waals surface area contributed by atoms with Crippen LogP contribution in [-0.2, 0) is 16.6 Å². The standard InChI is InChI=1S/C26H21N3O4S/c1-17(19-12-14-22(30)15-13-19)27-28-26(31)21-10-8-18(9-11-21)16-29-23-6-2-4-20-5-3-7-24(25(20)23)34(29,32)33/h2-15,30H,16H2,1H3,(H,28,31)/b27-17+. The minimum atomic E-state index is -3.65. The molecule has 0 aromatic heterocycles. The first-order valence-corrected chi connectivity index (χ1v) is 12.1. The molecule has 0 bridgehead atoms. The zero-order chi connectivity index (χ0) is 23.9. The normalized spacial score (nSPS) is 14.4. The van der Waals surface area contributed by atoms with Crippen molar-refractivity contribution in [1.29, 1.82) is 0 Å². The molecule has 4 aromatic rings. The third-order valence-electron chi connectivity index (χ3n) is 5.83. The maximum absolute atomic E-state index is 13.2. The monoisotopic (exact) mass is 471 g/mol. The van der Waals surface area contributed by atoms with Crippen molar-refractivity contribution in [3.8, 4) is 5.75 Å². The smallest absolute Gasteiger partial charge is 0.271 e. The molecule has 0 unspecified atom stereocenters. The van der Waals surface area contributed by atoms with Gasteiger partial charge in [-0.25, -0.2) is 13.8 Å². The minimum absolute atomic E-state index is 0.156. The number of phenols is 1. The summed E-state index contributed by atoms with van der Waals surface area (Å²) >= 11 is 0. The van der Waals surface area contributed by atoms with E-state index in [-0.39, 0.29) is 18.2 Å². The second-order valence-corrected chi connectivity index (χ2v) is 9.86. The number of benzene rings is 4. The van der Waals surface area contributed by atoms with Crippen LogP contribution in [0.25, 0.3) is 10.8 Å². The van der Waals surface area contributed by atoms with Crippen molar-refractivity contribution in [2.45, 2.75) is 18.4 Å². The Morgan fingerprint density at radius 1 is 0.912 bits per heavy atom. The van der Waals surface area contributed by atoms with Crippen LogP contribution in [0.4, 0.5) is 5.69 Å². The summed E-state index contributed by atoms with van der Waals surface area (Å²) in [5.41, 5.74) is 5.72. The summed E-state index contributed by atoms with van der Waals surface area (Å²) in [7, 11) is -3.65. The number of hydrogen-bond acceptors (Lipinski definition) is 5. The predicted molar refractivity (Wildman–Crippen MR) is 132 cm³/mol. The molecular formula is C26H21N3O4S. The first-order valence-electron chi connectivity index (χ1n) is 10.6. The third-order valence-corrected chi connectivity index (χ3v) is 7.64. The first-order chi connectivity index (χ1) is 16.3. The number of hydrogen-bond donors (Lipinski definition) is 2. The zero-order valence-corrected chi connectivity index (χ0v) is 19.1. The Hall–Kier alpha value is -4.17. The molecule has 0 radical (unpaired) electrons. The SMILES string of the molecule is C/C(=N\NC(=O)c1ccc(CN2c3cccc4cccc(c34)S2(=O)=O)cc1)c1ccc(O)cc1. The Balaban J connectivity index is 1.32. The molecule has 5 rings (SSSR count). The highest BCUT2D eigenvalue weighted by atomic mass is 32.2. The van der Waals surface area contributed by atoms with Gasteiger partial charge in [0, 0.05) is 10.9 Å². The number of carbonyl (C=O) groups is 1. The molecule has 0 saturated heterocycles. The molecule has 0 spiro atoms. The number of anilines is 1. The van der Waals surface area contributed by atoms with E-state index in [9.17, 15) is 18.3 Å². The fourth-order valence-electron chi connectivity index (χ4n) is 4.02. The number of aromatic hydroxyl groups is 1. The van der Waals surface area contributed by atoms with Crippen molar-refractivity contribution in [2.75, 3.05) is 4.31 Å². The number of rotatable bonds is 5. The van der Waals surface area contributed by atoms with Crippen LogP contribution in [0.1, 0.15) is 28.4 Å². The quantitative estimate of drug-likeness (QED) is 0.333. The molecular weight excluding hydrogens is 450 g/mol. The summed E-state index contributed by atoms with van der Waals surface area (Å²) in [4.78, 5) is 12.8. The van der Waals surface area contributed by atoms with E-state index in [0.717, 1.165) is 21.9 Å². The van der Waals surface area contributed by atoms with Gasteiger partial charge in [-0.05, 0) is 72.0 Å². The van der Waals surface area contributed by atoms with Crippen LogP contribution < -0.4 is 9.73 Å². The van der Waals surface area contributed by atoms with E-state index in [0.29, 0.717) is 21.9 Å². The molecule has 34 heavy (non-hydrogen) atoms. The molecule has 7 nitrogen and oxygen atoms in total. The number of hydrazone groups is 1. The van der Waals surface area contributed by atoms with Crippen molar-refractivity contribution in [3.05, 3.63) is 102 Å². The van der Waals surface area contributed by atoms with Gasteiger partial charge in [0.05, 0.1) is 22.8 Å². The summed E-state index contributed by atoms with van der Waals surface area (Å²) in [5, 5.41) is 15.1. The highest BCUT2D eigenvalue weighted by molar-refractivity contribution is 7.93. The predicted octanol–water partition coefficient (Wildman–Crippen LogP) is 4.41. The highest BCUT2D eigenvalue weighted by Crippen LogP contribution is 2.42. The lowest BCUT2D eigenvalue weighted by molar-refractivity contribution is 0.0955. The third kappa shape index (κ3) is 3.78. The van der Waals surface area contributed by atoms with Crippen molar-refractivity contribution < 1.29 is 18.3 Å². The van der Waals surface area contributed by atoms with Gasteiger partial charge in [0.2, 0.25) is 0 Å². The largest absolute Gasteiger partial charge is 0.508 e. The van der Waals surface area contributed by atoms with Crippen LogP contribution in [-0.4, -0.2) is 25.1 Å². The van der Waals surface area contributed by atoms with Gasteiger partial charge >= 0.3 is 0 Å². The maximum Gasteiger partial charge on any atom is 0.271 e. The number of carbonyl (C=O) groups excluding carboxylic acids is 1. The van der Waals surface area contributed by atoms with Crippen molar-refractivity contribution in [1.82, 2.24) is 5.43 Å². The van der Waals surface area contributed by atoms with Crippen LogP contribution in [0.2, 0.25) is 0 Å². The Morgan fingerprint density at radius 2 is 1.56 bits per heavy atom. The van der Waals surface area contributed by atoms with Crippen LogP contribution in [0, 0.1) is 0 Å². The number of sulfonamides is 1. The molecule has 2 N–H and O–H groups in total. The van der Waals surface area contributed by atoms with Gasteiger partial charge in [-0.1, -0.05) is 36.4 Å². The van der Waals surface area contributed by atoms with Crippen LogP contribution in [0.3, 0.4) is 0 Å². The van der Waals surface area contributed by atoms with E-state index in [1.165, 1.54) is 4.31 Å². The Morgan fingerprint density at radius 3 is 2.26 bits per heavy atom. The van der Waals surface area contributed by atoms with E-state index < -0.39 is 10.0 Å². The molecule has 0 aliphatic carbocycles. The molecule has 0 saturated carbocycles. The van der Waals surface area contributed by atoms with E-state index in [4.69, 9.17) is 0 Å². The fourth-order valence-corrected chi connectivity index (χ4v) is 5.72. The van der Waals surface area contributed by atoms with Crippen molar-refractivity contribution >= 4 is 38.1 Å². The second-order valence-electron chi connectivity index (χ2n) is 8.03. The van der Waals surface area contributed by atoms with Crippen molar-refractivity contribution in [2.24, 2.45) is 5.10 Å². The van der Waals surface area contributed by atoms with Crippen LogP contribution in [0.5, 0.6) is 5.75 Å². The molecule has 0 atom stereocenters. The van der Waals surface area contributed by atoms with Gasteiger partial charge in [0.25, 0.3) is 15.9 Å². The molecule has 1 heterocycles. The van der Waals surface area contributed by atoms with Crippen LogP contribution in [0.15, 0.2) is 94.9 Å². The lowest BCUT2D eigenvalue weighted by Crippen LogP contribution is -2.26. The maximum atomic E-state index is 13.2. The summed E-state index contributed by atoms with van der Waals surface area (Å²) in [6, 6.07) is 24.1. The summed E-state index contributed by atoms with van der Waals surface area (Å²) in [6.07, 6.45) is 0. The van der Waals surface area contributed by atoms with E-state index in [1.54, 1.807) is 67.6 Å². The van der Waals surface area contributed by atoms with Gasteiger partial charge in [0.15, 0.2) is 0 Å².